The van der Waals surface area contributed by atoms with Crippen LogP contribution in [-0.4, -0.2) is 21.5 Å². The Morgan fingerprint density at radius 2 is 1.84 bits per heavy atom. The van der Waals surface area contributed by atoms with E-state index in [9.17, 15) is 22.8 Å². The first-order valence-electron chi connectivity index (χ1n) is 10.0. The molecule has 1 heterocycles. The quantitative estimate of drug-likeness (QED) is 0.547. The normalized spacial score (nSPS) is 15.2. The predicted molar refractivity (Wildman–Crippen MR) is 114 cm³/mol. The van der Waals surface area contributed by atoms with Gasteiger partial charge in [0.2, 0.25) is 0 Å². The number of carbonyl (C=O) groups excluding carboxylic acids is 1. The van der Waals surface area contributed by atoms with Crippen molar-refractivity contribution in [3.05, 3.63) is 68.7 Å². The lowest BCUT2D eigenvalue weighted by molar-refractivity contribution is -0.137. The molecule has 0 saturated heterocycles. The highest BCUT2D eigenvalue weighted by atomic mass is 32.1. The minimum atomic E-state index is -4.54. The van der Waals surface area contributed by atoms with Crippen LogP contribution in [0.4, 0.5) is 13.2 Å². The Morgan fingerprint density at radius 1 is 1.10 bits per heavy atom. The van der Waals surface area contributed by atoms with Crippen LogP contribution in [0.15, 0.2) is 47.3 Å². The van der Waals surface area contributed by atoms with Gasteiger partial charge in [-0.25, -0.2) is 0 Å². The number of nitrogens with zero attached hydrogens (tertiary/aromatic N) is 1. The van der Waals surface area contributed by atoms with E-state index in [-0.39, 0.29) is 27.8 Å². The molecule has 1 saturated carbocycles. The second-order valence-electron chi connectivity index (χ2n) is 7.69. The van der Waals surface area contributed by atoms with Crippen LogP contribution in [0.2, 0.25) is 0 Å². The Morgan fingerprint density at radius 3 is 2.55 bits per heavy atom. The van der Waals surface area contributed by atoms with E-state index in [1.807, 2.05) is 0 Å². The van der Waals surface area contributed by atoms with E-state index < -0.39 is 17.3 Å². The summed E-state index contributed by atoms with van der Waals surface area (Å²) in [5.41, 5.74) is -0.671. The molecule has 1 aromatic heterocycles. The molecule has 1 aliphatic rings. The van der Waals surface area contributed by atoms with Gasteiger partial charge in [-0.2, -0.15) is 13.2 Å². The average Bonchev–Trinajstić information content (AvgIpc) is 2.73. The van der Waals surface area contributed by atoms with Gasteiger partial charge < -0.3 is 10.3 Å². The molecule has 4 rings (SSSR count). The topological polar surface area (TPSA) is 66.9 Å². The van der Waals surface area contributed by atoms with Gasteiger partial charge >= 0.3 is 6.18 Å². The number of rotatable bonds is 3. The molecule has 5 nitrogen and oxygen atoms in total. The molecule has 0 radical (unpaired) electrons. The summed E-state index contributed by atoms with van der Waals surface area (Å²) >= 11 is 5.25. The van der Waals surface area contributed by atoms with Gasteiger partial charge in [-0.05, 0) is 61.5 Å². The van der Waals surface area contributed by atoms with E-state index in [0.29, 0.717) is 11.1 Å². The van der Waals surface area contributed by atoms with Crippen molar-refractivity contribution in [2.45, 2.75) is 44.3 Å². The third-order valence-corrected chi connectivity index (χ3v) is 5.82. The van der Waals surface area contributed by atoms with Crippen molar-refractivity contribution in [2.24, 2.45) is 0 Å². The number of carbonyl (C=O) groups is 1. The average molecular weight is 447 g/mol. The van der Waals surface area contributed by atoms with E-state index in [4.69, 9.17) is 12.2 Å². The van der Waals surface area contributed by atoms with Crippen LogP contribution < -0.4 is 10.9 Å². The fourth-order valence-electron chi connectivity index (χ4n) is 3.93. The van der Waals surface area contributed by atoms with Gasteiger partial charge in [-0.1, -0.05) is 25.3 Å². The number of benzene rings is 2. The van der Waals surface area contributed by atoms with Crippen molar-refractivity contribution in [1.29, 1.82) is 0 Å². The standard InChI is InChI=1S/C22H20F3N3O2S/c23-22(24,25)14-5-4-8-16(12-14)28-20(30)17-10-9-13(11-18(17)27-21(28)31)19(29)26-15-6-2-1-3-7-15/h4-5,8-12,15H,1-3,6-7H2,(H,26,29)(H,27,31). The number of aromatic amines is 1. The van der Waals surface area contributed by atoms with Crippen LogP contribution in [0.1, 0.15) is 48.0 Å². The molecule has 162 valence electrons. The molecule has 1 amide bonds. The first-order valence-corrected chi connectivity index (χ1v) is 10.4. The number of amides is 1. The van der Waals surface area contributed by atoms with Crippen LogP contribution in [-0.2, 0) is 6.18 Å². The largest absolute Gasteiger partial charge is 0.416 e. The minimum Gasteiger partial charge on any atom is -0.349 e. The summed E-state index contributed by atoms with van der Waals surface area (Å²) in [4.78, 5) is 28.5. The van der Waals surface area contributed by atoms with E-state index in [0.717, 1.165) is 42.4 Å². The van der Waals surface area contributed by atoms with E-state index >= 15 is 0 Å². The lowest BCUT2D eigenvalue weighted by Crippen LogP contribution is -2.36. The zero-order valence-electron chi connectivity index (χ0n) is 16.5. The number of nitrogens with one attached hydrogen (secondary N) is 2. The molecule has 0 unspecified atom stereocenters. The molecule has 2 N–H and O–H groups in total. The van der Waals surface area contributed by atoms with E-state index in [1.54, 1.807) is 6.07 Å². The minimum absolute atomic E-state index is 0.0158. The van der Waals surface area contributed by atoms with Crippen molar-refractivity contribution in [2.75, 3.05) is 0 Å². The first-order chi connectivity index (χ1) is 14.7. The van der Waals surface area contributed by atoms with Gasteiger partial charge in [-0.15, -0.1) is 0 Å². The Bertz CT molecular complexity index is 1260. The molecular weight excluding hydrogens is 427 g/mol. The highest BCUT2D eigenvalue weighted by molar-refractivity contribution is 7.71. The predicted octanol–water partition coefficient (Wildman–Crippen LogP) is 5.13. The van der Waals surface area contributed by atoms with Crippen LogP contribution in [0, 0.1) is 4.77 Å². The highest BCUT2D eigenvalue weighted by Gasteiger charge is 2.30. The molecule has 0 bridgehead atoms. The number of fused-ring (bicyclic) bond motifs is 1. The molecule has 0 atom stereocenters. The fourth-order valence-corrected chi connectivity index (χ4v) is 4.23. The molecule has 3 aromatic rings. The second kappa shape index (κ2) is 8.30. The molecule has 0 spiro atoms. The SMILES string of the molecule is O=C(NC1CCCCC1)c1ccc2c(=O)n(-c3cccc(C(F)(F)F)c3)c(=S)[nH]c2c1. The van der Waals surface area contributed by atoms with Gasteiger partial charge in [0.25, 0.3) is 11.5 Å². The zero-order valence-corrected chi connectivity index (χ0v) is 17.3. The third-order valence-electron chi connectivity index (χ3n) is 5.53. The molecule has 0 aliphatic heterocycles. The monoisotopic (exact) mass is 447 g/mol. The summed E-state index contributed by atoms with van der Waals surface area (Å²) in [5.74, 6) is -0.227. The summed E-state index contributed by atoms with van der Waals surface area (Å²) in [7, 11) is 0. The lowest BCUT2D eigenvalue weighted by atomic mass is 9.95. The summed E-state index contributed by atoms with van der Waals surface area (Å²) in [6, 6.07) is 9.13. The van der Waals surface area contributed by atoms with Gasteiger partial charge in [0.1, 0.15) is 0 Å². The molecule has 9 heteroatoms. The number of alkyl halides is 3. The second-order valence-corrected chi connectivity index (χ2v) is 8.07. The number of hydrogen-bond acceptors (Lipinski definition) is 3. The number of hydrogen-bond donors (Lipinski definition) is 2. The Hall–Kier alpha value is -2.94. The van der Waals surface area contributed by atoms with Crippen molar-refractivity contribution in [3.63, 3.8) is 0 Å². The maximum atomic E-state index is 13.1. The summed E-state index contributed by atoms with van der Waals surface area (Å²) in [6.45, 7) is 0. The van der Waals surface area contributed by atoms with Gasteiger partial charge in [0.15, 0.2) is 4.77 Å². The Balaban J connectivity index is 1.71. The molecular formula is C22H20F3N3O2S. The van der Waals surface area contributed by atoms with E-state index in [1.165, 1.54) is 30.7 Å². The van der Waals surface area contributed by atoms with Gasteiger partial charge in [0, 0.05) is 11.6 Å². The molecule has 2 aromatic carbocycles. The van der Waals surface area contributed by atoms with Crippen molar-refractivity contribution < 1.29 is 18.0 Å². The van der Waals surface area contributed by atoms with Crippen molar-refractivity contribution >= 4 is 29.0 Å². The highest BCUT2D eigenvalue weighted by Crippen LogP contribution is 2.30. The zero-order chi connectivity index (χ0) is 22.2. The Labute approximate surface area is 180 Å². The third kappa shape index (κ3) is 4.41. The fraction of sp³-hybridized carbons (Fsp3) is 0.318. The smallest absolute Gasteiger partial charge is 0.349 e. The molecule has 1 aliphatic carbocycles. The molecule has 1 fully saturated rings. The van der Waals surface area contributed by atoms with Gasteiger partial charge in [0.05, 0.1) is 22.2 Å². The summed E-state index contributed by atoms with van der Waals surface area (Å²) in [5, 5.41) is 3.24. The number of halogens is 3. The van der Waals surface area contributed by atoms with Gasteiger partial charge in [-0.3, -0.25) is 14.2 Å². The van der Waals surface area contributed by atoms with Crippen molar-refractivity contribution in [1.82, 2.24) is 14.9 Å². The van der Waals surface area contributed by atoms with Crippen LogP contribution in [0.5, 0.6) is 0 Å². The van der Waals surface area contributed by atoms with Crippen molar-refractivity contribution in [3.8, 4) is 5.69 Å². The van der Waals surface area contributed by atoms with Crippen LogP contribution >= 0.6 is 12.2 Å². The van der Waals surface area contributed by atoms with Crippen LogP contribution in [0.25, 0.3) is 16.6 Å². The summed E-state index contributed by atoms with van der Waals surface area (Å²) < 4.78 is 40.2. The maximum Gasteiger partial charge on any atom is 0.416 e. The van der Waals surface area contributed by atoms with E-state index in [2.05, 4.69) is 10.3 Å². The molecule has 31 heavy (non-hydrogen) atoms. The first kappa shape index (κ1) is 21.3. The number of H-pyrrole nitrogens is 1. The lowest BCUT2D eigenvalue weighted by Gasteiger charge is -2.22. The number of aromatic nitrogens is 2. The van der Waals surface area contributed by atoms with Crippen LogP contribution in [0.3, 0.4) is 0 Å². The summed E-state index contributed by atoms with van der Waals surface area (Å²) in [6.07, 6.45) is 0.710. The maximum absolute atomic E-state index is 13.1. The Kier molecular flexibility index (Phi) is 5.70.